The maximum atomic E-state index is 12.9. The van der Waals surface area contributed by atoms with Crippen LogP contribution in [0.5, 0.6) is 0 Å². The molecule has 5 rings (SSSR count). The van der Waals surface area contributed by atoms with Gasteiger partial charge in [-0.25, -0.2) is 13.4 Å². The van der Waals surface area contributed by atoms with Crippen molar-refractivity contribution in [3.8, 4) is 0 Å². The van der Waals surface area contributed by atoms with E-state index in [1.54, 1.807) is 22.1 Å². The van der Waals surface area contributed by atoms with Crippen molar-refractivity contribution < 1.29 is 8.42 Å². The maximum Gasteiger partial charge on any atom is 0.262 e. The van der Waals surface area contributed by atoms with Gasteiger partial charge in [0.05, 0.1) is 11.9 Å². The lowest BCUT2D eigenvalue weighted by Gasteiger charge is -2.44. The van der Waals surface area contributed by atoms with E-state index in [2.05, 4.69) is 33.5 Å². The van der Waals surface area contributed by atoms with E-state index < -0.39 is 10.0 Å². The molecule has 3 aromatic rings. The molecule has 0 unspecified atom stereocenters. The number of rotatable bonds is 2. The van der Waals surface area contributed by atoms with Crippen LogP contribution in [0.1, 0.15) is 24.1 Å². The Kier molecular flexibility index (Phi) is 3.72. The van der Waals surface area contributed by atoms with E-state index in [0.29, 0.717) is 13.1 Å². The van der Waals surface area contributed by atoms with Crippen molar-refractivity contribution in [1.29, 1.82) is 0 Å². The van der Waals surface area contributed by atoms with Crippen LogP contribution < -0.4 is 5.32 Å². The Balaban J connectivity index is 1.46. The van der Waals surface area contributed by atoms with Gasteiger partial charge in [-0.3, -0.25) is 0 Å². The van der Waals surface area contributed by atoms with Crippen LogP contribution in [-0.4, -0.2) is 46.9 Å². The van der Waals surface area contributed by atoms with Gasteiger partial charge in [-0.2, -0.15) is 4.31 Å². The summed E-state index contributed by atoms with van der Waals surface area (Å²) < 4.78 is 29.0. The van der Waals surface area contributed by atoms with Gasteiger partial charge >= 0.3 is 0 Å². The van der Waals surface area contributed by atoms with E-state index in [9.17, 15) is 8.42 Å². The van der Waals surface area contributed by atoms with Crippen molar-refractivity contribution in [3.63, 3.8) is 0 Å². The van der Waals surface area contributed by atoms with Crippen LogP contribution in [0.4, 0.5) is 0 Å². The van der Waals surface area contributed by atoms with E-state index in [-0.39, 0.29) is 10.6 Å². The molecule has 0 atom stereocenters. The van der Waals surface area contributed by atoms with Crippen LogP contribution in [0, 0.1) is 0 Å². The molecule has 7 nitrogen and oxygen atoms in total. The lowest BCUT2D eigenvalue weighted by Crippen LogP contribution is -2.55. The predicted molar refractivity (Wildman–Crippen MR) is 103 cm³/mol. The van der Waals surface area contributed by atoms with E-state index in [1.165, 1.54) is 23.0 Å². The minimum Gasteiger partial charge on any atom is -0.357 e. The molecule has 2 N–H and O–H groups in total. The number of hydrogen-bond donors (Lipinski definition) is 2. The van der Waals surface area contributed by atoms with Crippen LogP contribution >= 0.6 is 0 Å². The van der Waals surface area contributed by atoms with Crippen molar-refractivity contribution in [2.75, 3.05) is 19.6 Å². The molecule has 2 aliphatic heterocycles. The topological polar surface area (TPSA) is 83.0 Å². The van der Waals surface area contributed by atoms with Crippen molar-refractivity contribution in [2.24, 2.45) is 7.05 Å². The molecule has 0 radical (unpaired) electrons. The Morgan fingerprint density at radius 2 is 1.96 bits per heavy atom. The van der Waals surface area contributed by atoms with Gasteiger partial charge in [-0.05, 0) is 30.9 Å². The third-order valence-corrected chi connectivity index (χ3v) is 7.78. The summed E-state index contributed by atoms with van der Waals surface area (Å²) in [4.78, 5) is 7.66. The molecular formula is C19H23N5O2S. The summed E-state index contributed by atoms with van der Waals surface area (Å²) in [6, 6.07) is 8.41. The normalized spacial score (nSPS) is 20.2. The third kappa shape index (κ3) is 2.55. The van der Waals surface area contributed by atoms with Gasteiger partial charge in [0.2, 0.25) is 0 Å². The number of nitrogens with zero attached hydrogens (tertiary/aromatic N) is 3. The first-order chi connectivity index (χ1) is 13.0. The largest absolute Gasteiger partial charge is 0.357 e. The van der Waals surface area contributed by atoms with Crippen LogP contribution in [0.25, 0.3) is 10.9 Å². The van der Waals surface area contributed by atoms with Gasteiger partial charge in [0.25, 0.3) is 10.0 Å². The second-order valence-corrected chi connectivity index (χ2v) is 9.45. The van der Waals surface area contributed by atoms with Gasteiger partial charge in [-0.15, -0.1) is 0 Å². The zero-order chi connectivity index (χ0) is 18.6. The first-order valence-electron chi connectivity index (χ1n) is 9.33. The molecule has 0 aliphatic carbocycles. The zero-order valence-electron chi connectivity index (χ0n) is 15.3. The predicted octanol–water partition coefficient (Wildman–Crippen LogP) is 1.73. The summed E-state index contributed by atoms with van der Waals surface area (Å²) in [7, 11) is -1.76. The van der Waals surface area contributed by atoms with Crippen molar-refractivity contribution in [1.82, 2.24) is 24.2 Å². The van der Waals surface area contributed by atoms with Gasteiger partial charge in [0.1, 0.15) is 0 Å². The number of fused-ring (bicyclic) bond motifs is 4. The summed E-state index contributed by atoms with van der Waals surface area (Å²) >= 11 is 0. The number of para-hydroxylation sites is 1. The molecule has 0 bridgehead atoms. The maximum absolute atomic E-state index is 12.9. The van der Waals surface area contributed by atoms with E-state index in [1.807, 2.05) is 6.07 Å². The fourth-order valence-electron chi connectivity index (χ4n) is 4.57. The van der Waals surface area contributed by atoms with Gasteiger partial charge in [0, 0.05) is 49.5 Å². The molecule has 1 spiro atoms. The van der Waals surface area contributed by atoms with Gasteiger partial charge in [0.15, 0.2) is 5.03 Å². The molecule has 142 valence electrons. The van der Waals surface area contributed by atoms with Gasteiger partial charge < -0.3 is 14.9 Å². The second-order valence-electron chi connectivity index (χ2n) is 7.56. The monoisotopic (exact) mass is 385 g/mol. The molecule has 2 aromatic heterocycles. The lowest BCUT2D eigenvalue weighted by molar-refractivity contribution is 0.180. The highest BCUT2D eigenvalue weighted by Crippen LogP contribution is 2.40. The molecule has 0 saturated carbocycles. The van der Waals surface area contributed by atoms with Gasteiger partial charge in [-0.1, -0.05) is 18.2 Å². The van der Waals surface area contributed by atoms with Crippen molar-refractivity contribution >= 4 is 20.9 Å². The van der Waals surface area contributed by atoms with Crippen LogP contribution in [0.15, 0.2) is 41.8 Å². The zero-order valence-corrected chi connectivity index (χ0v) is 16.1. The number of H-pyrrole nitrogens is 1. The number of aromatic amines is 1. The minimum absolute atomic E-state index is 0.129. The average Bonchev–Trinajstić information content (AvgIpc) is 3.28. The third-order valence-electron chi connectivity index (χ3n) is 5.99. The molecular weight excluding hydrogens is 362 g/mol. The molecule has 8 heteroatoms. The number of aryl methyl sites for hydroxylation is 1. The Hall–Kier alpha value is -2.16. The van der Waals surface area contributed by atoms with Crippen molar-refractivity contribution in [3.05, 3.63) is 48.0 Å². The van der Waals surface area contributed by atoms with Crippen molar-refractivity contribution in [2.45, 2.75) is 29.8 Å². The molecule has 1 fully saturated rings. The van der Waals surface area contributed by atoms with E-state index >= 15 is 0 Å². The highest BCUT2D eigenvalue weighted by Gasteiger charge is 2.43. The number of imidazole rings is 1. The Morgan fingerprint density at radius 3 is 2.70 bits per heavy atom. The second kappa shape index (κ2) is 5.92. The molecule has 27 heavy (non-hydrogen) atoms. The summed E-state index contributed by atoms with van der Waals surface area (Å²) in [5, 5.41) is 5.11. The summed E-state index contributed by atoms with van der Waals surface area (Å²) in [5.74, 6) is 0. The number of sulfonamides is 1. The van der Waals surface area contributed by atoms with Crippen LogP contribution in [0.2, 0.25) is 0 Å². The Labute approximate surface area is 158 Å². The molecule has 1 saturated heterocycles. The highest BCUT2D eigenvalue weighted by atomic mass is 32.2. The van der Waals surface area contributed by atoms with E-state index in [4.69, 9.17) is 0 Å². The highest BCUT2D eigenvalue weighted by molar-refractivity contribution is 7.89. The number of nitrogens with one attached hydrogen (secondary N) is 2. The Morgan fingerprint density at radius 1 is 1.19 bits per heavy atom. The number of hydrogen-bond acceptors (Lipinski definition) is 4. The number of piperidine rings is 1. The van der Waals surface area contributed by atoms with Crippen LogP contribution in [0.3, 0.4) is 0 Å². The Bertz CT molecular complexity index is 1110. The summed E-state index contributed by atoms with van der Waals surface area (Å²) in [6.45, 7) is 1.89. The first kappa shape index (κ1) is 17.0. The molecule has 1 aromatic carbocycles. The van der Waals surface area contributed by atoms with E-state index in [0.717, 1.165) is 31.3 Å². The first-order valence-corrected chi connectivity index (χ1v) is 10.8. The molecule has 0 amide bonds. The fourth-order valence-corrected chi connectivity index (χ4v) is 5.98. The quantitative estimate of drug-likeness (QED) is 0.704. The van der Waals surface area contributed by atoms with Crippen LogP contribution in [-0.2, 0) is 29.0 Å². The minimum atomic E-state index is -3.54. The SMILES string of the molecule is Cn1cnc(S(=O)(=O)N2CCC3(CC2)NCCc2c3[nH]c3ccccc23)c1. The lowest BCUT2D eigenvalue weighted by atomic mass is 9.80. The standard InChI is InChI=1S/C19H23N5O2S/c1-23-12-17(20-13-23)27(25,26)24-10-7-19(8-11-24)18-15(6-9-21-19)14-4-2-3-5-16(14)22-18/h2-5,12-13,21-22H,6-11H2,1H3. The number of benzene rings is 1. The fraction of sp³-hybridized carbons (Fsp3) is 0.421. The molecule has 4 heterocycles. The average molecular weight is 385 g/mol. The summed E-state index contributed by atoms with van der Waals surface area (Å²) in [5.41, 5.74) is 3.60. The summed E-state index contributed by atoms with van der Waals surface area (Å²) in [6.07, 6.45) is 5.58. The smallest absolute Gasteiger partial charge is 0.262 e. The number of aromatic nitrogens is 3. The molecule has 2 aliphatic rings.